The number of hydrogen-bond acceptors (Lipinski definition) is 0. The monoisotopic (exact) mass is 202 g/mol. The Hall–Kier alpha value is 0.290. The van der Waals surface area contributed by atoms with Crippen molar-refractivity contribution in [2.45, 2.75) is 58.3 Å². The van der Waals surface area contributed by atoms with Crippen LogP contribution in [0, 0.1) is 17.8 Å². The molecule has 3 unspecified atom stereocenters. The van der Waals surface area contributed by atoms with Gasteiger partial charge in [-0.15, -0.1) is 11.6 Å². The Morgan fingerprint density at radius 2 is 1.77 bits per heavy atom. The van der Waals surface area contributed by atoms with Gasteiger partial charge >= 0.3 is 0 Å². The van der Waals surface area contributed by atoms with Crippen molar-refractivity contribution in [2.75, 3.05) is 0 Å². The average molecular weight is 203 g/mol. The second kappa shape index (κ2) is 5.24. The average Bonchev–Trinajstić information content (AvgIpc) is 2.28. The van der Waals surface area contributed by atoms with E-state index in [0.717, 1.165) is 11.8 Å². The second-order valence-electron chi connectivity index (χ2n) is 5.06. The molecule has 0 amide bonds. The molecule has 0 spiro atoms. The molecule has 0 aliphatic heterocycles. The minimum absolute atomic E-state index is 0.408. The Morgan fingerprint density at radius 1 is 1.08 bits per heavy atom. The minimum Gasteiger partial charge on any atom is -0.122 e. The molecule has 1 aliphatic rings. The van der Waals surface area contributed by atoms with E-state index in [1.807, 2.05) is 0 Å². The van der Waals surface area contributed by atoms with Gasteiger partial charge in [0.15, 0.2) is 0 Å². The first kappa shape index (κ1) is 11.4. The van der Waals surface area contributed by atoms with Crippen LogP contribution < -0.4 is 0 Å². The van der Waals surface area contributed by atoms with Crippen molar-refractivity contribution >= 4 is 11.6 Å². The molecule has 0 bridgehead atoms. The highest BCUT2D eigenvalue weighted by Gasteiger charge is 2.24. The Balaban J connectivity index is 2.41. The molecule has 1 rings (SSSR count). The first-order valence-corrected chi connectivity index (χ1v) is 6.19. The summed E-state index contributed by atoms with van der Waals surface area (Å²) in [6.07, 6.45) is 6.91. The quantitative estimate of drug-likeness (QED) is 0.458. The zero-order valence-corrected chi connectivity index (χ0v) is 9.98. The molecular weight excluding hydrogens is 180 g/mol. The predicted octanol–water partition coefficient (Wildman–Crippen LogP) is 4.47. The lowest BCUT2D eigenvalue weighted by atomic mass is 9.90. The first-order chi connectivity index (χ1) is 6.11. The van der Waals surface area contributed by atoms with Crippen LogP contribution in [0.3, 0.4) is 0 Å². The largest absolute Gasteiger partial charge is 0.122 e. The van der Waals surface area contributed by atoms with Crippen molar-refractivity contribution in [3.8, 4) is 0 Å². The molecule has 78 valence electrons. The predicted molar refractivity (Wildman–Crippen MR) is 60.2 cm³/mol. The van der Waals surface area contributed by atoms with Crippen LogP contribution in [0.15, 0.2) is 0 Å². The molecule has 0 aromatic heterocycles. The summed E-state index contributed by atoms with van der Waals surface area (Å²) in [7, 11) is 0. The molecule has 3 atom stereocenters. The SMILES string of the molecule is CC1CCCC(C(Cl)C(C)C)CC1. The second-order valence-corrected chi connectivity index (χ2v) is 5.57. The Kier molecular flexibility index (Phi) is 4.58. The number of rotatable bonds is 2. The number of hydrogen-bond donors (Lipinski definition) is 0. The highest BCUT2D eigenvalue weighted by molar-refractivity contribution is 6.20. The van der Waals surface area contributed by atoms with E-state index in [1.54, 1.807) is 0 Å². The molecule has 1 heteroatoms. The van der Waals surface area contributed by atoms with Crippen LogP contribution in [-0.4, -0.2) is 5.38 Å². The smallest absolute Gasteiger partial charge is 0.0387 e. The summed E-state index contributed by atoms with van der Waals surface area (Å²) in [5, 5.41) is 0.408. The van der Waals surface area contributed by atoms with Crippen LogP contribution in [-0.2, 0) is 0 Å². The van der Waals surface area contributed by atoms with Crippen LogP contribution in [0.2, 0.25) is 0 Å². The van der Waals surface area contributed by atoms with Gasteiger partial charge in [0.25, 0.3) is 0 Å². The van der Waals surface area contributed by atoms with Crippen molar-refractivity contribution in [1.29, 1.82) is 0 Å². The van der Waals surface area contributed by atoms with Gasteiger partial charge in [0.1, 0.15) is 0 Å². The van der Waals surface area contributed by atoms with Gasteiger partial charge in [-0.05, 0) is 30.6 Å². The van der Waals surface area contributed by atoms with Crippen molar-refractivity contribution in [3.63, 3.8) is 0 Å². The fourth-order valence-corrected chi connectivity index (χ4v) is 2.63. The van der Waals surface area contributed by atoms with E-state index in [9.17, 15) is 0 Å². The van der Waals surface area contributed by atoms with E-state index in [0.29, 0.717) is 11.3 Å². The molecule has 0 saturated heterocycles. The molecule has 0 aromatic carbocycles. The zero-order valence-electron chi connectivity index (χ0n) is 9.22. The molecule has 1 fully saturated rings. The third kappa shape index (κ3) is 3.50. The summed E-state index contributed by atoms with van der Waals surface area (Å²) in [5.74, 6) is 2.35. The topological polar surface area (TPSA) is 0 Å². The lowest BCUT2D eigenvalue weighted by Crippen LogP contribution is -2.20. The summed E-state index contributed by atoms with van der Waals surface area (Å²) in [6, 6.07) is 0. The molecule has 0 N–H and O–H groups in total. The van der Waals surface area contributed by atoms with Gasteiger partial charge in [0, 0.05) is 5.38 Å². The first-order valence-electron chi connectivity index (χ1n) is 5.75. The number of halogens is 1. The maximum atomic E-state index is 6.41. The highest BCUT2D eigenvalue weighted by atomic mass is 35.5. The third-order valence-corrected chi connectivity index (χ3v) is 4.25. The molecule has 13 heavy (non-hydrogen) atoms. The van der Waals surface area contributed by atoms with Gasteiger partial charge in [0.2, 0.25) is 0 Å². The summed E-state index contributed by atoms with van der Waals surface area (Å²) < 4.78 is 0. The van der Waals surface area contributed by atoms with Gasteiger partial charge in [-0.25, -0.2) is 0 Å². The Morgan fingerprint density at radius 3 is 2.38 bits per heavy atom. The standard InChI is InChI=1S/C12H23Cl/c1-9(2)12(13)11-6-4-5-10(3)7-8-11/h9-12H,4-8H2,1-3H3. The molecular formula is C12H23Cl. The van der Waals surface area contributed by atoms with Crippen LogP contribution in [0.25, 0.3) is 0 Å². The summed E-state index contributed by atoms with van der Waals surface area (Å²) >= 11 is 6.41. The van der Waals surface area contributed by atoms with E-state index in [-0.39, 0.29) is 0 Å². The number of alkyl halides is 1. The van der Waals surface area contributed by atoms with E-state index in [1.165, 1.54) is 32.1 Å². The van der Waals surface area contributed by atoms with Crippen molar-refractivity contribution < 1.29 is 0 Å². The van der Waals surface area contributed by atoms with Gasteiger partial charge in [-0.2, -0.15) is 0 Å². The lowest BCUT2D eigenvalue weighted by Gasteiger charge is -2.23. The molecule has 1 saturated carbocycles. The maximum absolute atomic E-state index is 6.41. The zero-order chi connectivity index (χ0) is 9.84. The molecule has 0 radical (unpaired) electrons. The van der Waals surface area contributed by atoms with E-state index >= 15 is 0 Å². The van der Waals surface area contributed by atoms with E-state index in [2.05, 4.69) is 20.8 Å². The van der Waals surface area contributed by atoms with Gasteiger partial charge in [-0.3, -0.25) is 0 Å². The van der Waals surface area contributed by atoms with Crippen LogP contribution in [0.4, 0.5) is 0 Å². The molecule has 1 aliphatic carbocycles. The van der Waals surface area contributed by atoms with Crippen molar-refractivity contribution in [3.05, 3.63) is 0 Å². The van der Waals surface area contributed by atoms with Crippen molar-refractivity contribution in [1.82, 2.24) is 0 Å². The van der Waals surface area contributed by atoms with E-state index in [4.69, 9.17) is 11.6 Å². The van der Waals surface area contributed by atoms with Gasteiger partial charge < -0.3 is 0 Å². The Labute approximate surface area is 88.1 Å². The van der Waals surface area contributed by atoms with E-state index < -0.39 is 0 Å². The van der Waals surface area contributed by atoms with Gasteiger partial charge in [-0.1, -0.05) is 40.0 Å². The summed E-state index contributed by atoms with van der Waals surface area (Å²) in [6.45, 7) is 6.86. The molecule has 0 aromatic rings. The normalized spacial score (nSPS) is 33.0. The maximum Gasteiger partial charge on any atom is 0.0387 e. The molecule has 0 nitrogen and oxygen atoms in total. The fourth-order valence-electron chi connectivity index (χ4n) is 2.38. The highest BCUT2D eigenvalue weighted by Crippen LogP contribution is 2.33. The lowest BCUT2D eigenvalue weighted by molar-refractivity contribution is 0.373. The minimum atomic E-state index is 0.408. The third-order valence-electron chi connectivity index (χ3n) is 3.39. The summed E-state index contributed by atoms with van der Waals surface area (Å²) in [4.78, 5) is 0. The van der Waals surface area contributed by atoms with Crippen molar-refractivity contribution in [2.24, 2.45) is 17.8 Å². The van der Waals surface area contributed by atoms with Crippen LogP contribution in [0.5, 0.6) is 0 Å². The van der Waals surface area contributed by atoms with Crippen LogP contribution in [0.1, 0.15) is 52.9 Å². The molecule has 0 heterocycles. The van der Waals surface area contributed by atoms with Crippen LogP contribution >= 0.6 is 11.6 Å². The fraction of sp³-hybridized carbons (Fsp3) is 1.00. The summed E-state index contributed by atoms with van der Waals surface area (Å²) in [5.41, 5.74) is 0. The van der Waals surface area contributed by atoms with Gasteiger partial charge in [0.05, 0.1) is 0 Å². The Bertz CT molecular complexity index is 142.